The van der Waals surface area contributed by atoms with Crippen molar-refractivity contribution in [3.63, 3.8) is 0 Å². The van der Waals surface area contributed by atoms with Gasteiger partial charge in [0.15, 0.2) is 17.1 Å². The van der Waals surface area contributed by atoms with Crippen LogP contribution in [0.5, 0.6) is 0 Å². The molecule has 1 amide bonds. The Labute approximate surface area is 268 Å². The average Bonchev–Trinajstić information content (AvgIpc) is 3.54. The van der Waals surface area contributed by atoms with Crippen LogP contribution in [0.3, 0.4) is 0 Å². The normalized spacial score (nSPS) is 17.7. The smallest absolute Gasteiger partial charge is 0.418 e. The molecule has 0 spiro atoms. The highest BCUT2D eigenvalue weighted by Crippen LogP contribution is 2.41. The van der Waals surface area contributed by atoms with E-state index < -0.39 is 41.7 Å². The summed E-state index contributed by atoms with van der Waals surface area (Å²) < 4.78 is 63.9. The number of piperazine rings is 1. The minimum absolute atomic E-state index is 0.0178. The monoisotopic (exact) mass is 665 g/mol. The fourth-order valence-corrected chi connectivity index (χ4v) is 5.27. The zero-order valence-electron chi connectivity index (χ0n) is 25.9. The van der Waals surface area contributed by atoms with Crippen LogP contribution in [-0.2, 0) is 25.1 Å². The lowest BCUT2D eigenvalue weighted by Gasteiger charge is -2.41. The highest BCUT2D eigenvalue weighted by molar-refractivity contribution is 7.98. The number of alkyl halides is 3. The lowest BCUT2D eigenvalue weighted by Crippen LogP contribution is -2.56. The average molecular weight is 666 g/mol. The number of methoxy groups -OCH3 is 1. The molecular weight excluding hydrogens is 631 g/mol. The molecule has 2 saturated heterocycles. The number of nitrogens with zero attached hydrogens (tertiary/aromatic N) is 6. The number of amides is 1. The third-order valence-corrected chi connectivity index (χ3v) is 7.39. The first kappa shape index (κ1) is 34.7. The lowest BCUT2D eigenvalue weighted by atomic mass is 10.0. The largest absolute Gasteiger partial charge is 0.464 e. The molecule has 2 aromatic rings. The van der Waals surface area contributed by atoms with Crippen molar-refractivity contribution in [3.05, 3.63) is 40.6 Å². The number of hydrogen-bond acceptors (Lipinski definition) is 13. The number of ether oxygens (including phenoxy) is 4. The van der Waals surface area contributed by atoms with E-state index >= 15 is 0 Å². The first-order valence-electron chi connectivity index (χ1n) is 14.2. The van der Waals surface area contributed by atoms with Crippen LogP contribution in [0, 0.1) is 11.3 Å². The Morgan fingerprint density at radius 3 is 2.54 bits per heavy atom. The lowest BCUT2D eigenvalue weighted by molar-refractivity contribution is -0.141. The number of rotatable bonds is 8. The third kappa shape index (κ3) is 8.17. The molecule has 2 fully saturated rings. The second-order valence-corrected chi connectivity index (χ2v) is 11.9. The van der Waals surface area contributed by atoms with Crippen LogP contribution in [0.4, 0.5) is 29.5 Å². The van der Waals surface area contributed by atoms with E-state index in [9.17, 15) is 28.0 Å². The molecule has 0 radical (unpaired) electrons. The number of hydrogen-bond donors (Lipinski definition) is 1. The molecular formula is C29H34F3N7O6S. The van der Waals surface area contributed by atoms with Gasteiger partial charge in [-0.15, -0.1) is 0 Å². The Bertz CT molecular complexity index is 1510. The number of hydrazone groups is 1. The van der Waals surface area contributed by atoms with Crippen molar-refractivity contribution in [2.45, 2.75) is 56.5 Å². The summed E-state index contributed by atoms with van der Waals surface area (Å²) >= 11 is 1.16. The van der Waals surface area contributed by atoms with Gasteiger partial charge in [-0.25, -0.2) is 19.6 Å². The molecule has 1 atom stereocenters. The fourth-order valence-electron chi connectivity index (χ4n) is 4.91. The van der Waals surface area contributed by atoms with E-state index in [1.807, 2.05) is 0 Å². The minimum Gasteiger partial charge on any atom is -0.464 e. The van der Waals surface area contributed by atoms with Gasteiger partial charge in [0.1, 0.15) is 11.4 Å². The van der Waals surface area contributed by atoms with Crippen LogP contribution in [0.15, 0.2) is 28.5 Å². The van der Waals surface area contributed by atoms with Gasteiger partial charge in [0.2, 0.25) is 0 Å². The molecule has 17 heteroatoms. The molecule has 1 N–H and O–H groups in total. The summed E-state index contributed by atoms with van der Waals surface area (Å²) in [5.74, 6) is -0.607. The minimum atomic E-state index is -4.78. The van der Waals surface area contributed by atoms with E-state index in [-0.39, 0.29) is 72.8 Å². The Hall–Kier alpha value is -4.14. The molecule has 1 aromatic heterocycles. The summed E-state index contributed by atoms with van der Waals surface area (Å²) in [4.78, 5) is 37.9. The molecule has 0 saturated carbocycles. The molecule has 4 rings (SSSR count). The number of carbonyl (C=O) groups is 2. The number of esters is 1. The zero-order valence-corrected chi connectivity index (χ0v) is 26.7. The first-order chi connectivity index (χ1) is 21.8. The van der Waals surface area contributed by atoms with Gasteiger partial charge in [0, 0.05) is 25.2 Å². The van der Waals surface area contributed by atoms with E-state index in [1.54, 1.807) is 31.9 Å². The van der Waals surface area contributed by atoms with Gasteiger partial charge in [-0.05, 0) is 33.1 Å². The van der Waals surface area contributed by atoms with Gasteiger partial charge >= 0.3 is 18.2 Å². The number of aromatic nitrogens is 2. The molecule has 2 aliphatic heterocycles. The molecule has 2 aliphatic rings. The van der Waals surface area contributed by atoms with Gasteiger partial charge in [-0.1, -0.05) is 23.9 Å². The molecule has 1 aromatic carbocycles. The summed E-state index contributed by atoms with van der Waals surface area (Å²) in [6.45, 7) is 6.05. The summed E-state index contributed by atoms with van der Waals surface area (Å²) in [6.07, 6.45) is -3.71. The van der Waals surface area contributed by atoms with Crippen molar-refractivity contribution >= 4 is 41.5 Å². The second kappa shape index (κ2) is 14.5. The number of anilines is 2. The molecule has 1 unspecified atom stereocenters. The van der Waals surface area contributed by atoms with E-state index in [0.717, 1.165) is 18.0 Å². The predicted molar refractivity (Wildman–Crippen MR) is 162 cm³/mol. The molecule has 46 heavy (non-hydrogen) atoms. The highest BCUT2D eigenvalue weighted by atomic mass is 32.2. The van der Waals surface area contributed by atoms with Crippen molar-refractivity contribution in [2.24, 2.45) is 5.10 Å². The molecule has 3 heterocycles. The van der Waals surface area contributed by atoms with Gasteiger partial charge in [0.25, 0.3) is 0 Å². The fraction of sp³-hybridized carbons (Fsp3) is 0.517. The number of thioether (sulfide) groups is 1. The first-order valence-corrected chi connectivity index (χ1v) is 15.4. The van der Waals surface area contributed by atoms with Crippen molar-refractivity contribution in [1.82, 2.24) is 14.9 Å². The maximum Gasteiger partial charge on any atom is 0.418 e. The van der Waals surface area contributed by atoms with Crippen LogP contribution >= 0.6 is 11.8 Å². The van der Waals surface area contributed by atoms with Gasteiger partial charge < -0.3 is 28.7 Å². The molecule has 0 bridgehead atoms. The van der Waals surface area contributed by atoms with Crippen molar-refractivity contribution in [2.75, 3.05) is 56.5 Å². The van der Waals surface area contributed by atoms with Crippen LogP contribution in [0.25, 0.3) is 0 Å². The second-order valence-electron chi connectivity index (χ2n) is 11.1. The number of nitrogens with one attached hydrogen (secondary N) is 1. The van der Waals surface area contributed by atoms with Gasteiger partial charge in [-0.3, -0.25) is 5.43 Å². The van der Waals surface area contributed by atoms with Crippen LogP contribution < -0.4 is 10.3 Å². The van der Waals surface area contributed by atoms with Crippen LogP contribution in [0.2, 0.25) is 0 Å². The van der Waals surface area contributed by atoms with Crippen LogP contribution in [-0.4, -0.2) is 91.0 Å². The number of nitriles is 1. The van der Waals surface area contributed by atoms with E-state index in [4.69, 9.17) is 18.9 Å². The maximum atomic E-state index is 14.2. The standard InChI is InChI=1S/C29H34F3N7O6S/c1-28(2,3)45-27(41)39-12-11-38(16-17(39)9-10-33)23-19(22(24(40)42-4)35-26(36-23)46-5)15-34-37-20-8-6-7-18(21(20)29(30,31)32)25-43-13-14-44-25/h6-8,15,17,25,37H,9,11-14,16H2,1-5H3/b34-15+. The number of carbonyl (C=O) groups excluding carboxylic acids is 2. The predicted octanol–water partition coefficient (Wildman–Crippen LogP) is 4.83. The quantitative estimate of drug-likeness (QED) is 0.135. The Morgan fingerprint density at radius 1 is 1.22 bits per heavy atom. The Morgan fingerprint density at radius 2 is 1.93 bits per heavy atom. The summed E-state index contributed by atoms with van der Waals surface area (Å²) in [5, 5.41) is 13.8. The van der Waals surface area contributed by atoms with Gasteiger partial charge in [-0.2, -0.15) is 23.5 Å². The molecule has 13 nitrogen and oxygen atoms in total. The SMILES string of the molecule is COC(=O)c1nc(SC)nc(N2CCN(C(=O)OC(C)(C)C)C(CC#N)C2)c1/C=N/Nc1cccc(C2OCCO2)c1C(F)(F)F. The Balaban J connectivity index is 1.72. The number of benzene rings is 1. The van der Waals surface area contributed by atoms with E-state index in [0.29, 0.717) is 0 Å². The molecule has 0 aliphatic carbocycles. The maximum absolute atomic E-state index is 14.2. The van der Waals surface area contributed by atoms with Crippen LogP contribution in [0.1, 0.15) is 60.7 Å². The van der Waals surface area contributed by atoms with Crippen molar-refractivity contribution in [3.8, 4) is 6.07 Å². The summed E-state index contributed by atoms with van der Waals surface area (Å²) in [5.41, 5.74) is -0.0164. The molecule has 248 valence electrons. The third-order valence-electron chi connectivity index (χ3n) is 6.84. The van der Waals surface area contributed by atoms with E-state index in [1.165, 1.54) is 30.2 Å². The van der Waals surface area contributed by atoms with E-state index in [2.05, 4.69) is 26.6 Å². The van der Waals surface area contributed by atoms with Crippen molar-refractivity contribution in [1.29, 1.82) is 5.26 Å². The topological polar surface area (TPSA) is 151 Å². The zero-order chi connectivity index (χ0) is 33.6. The van der Waals surface area contributed by atoms with Crippen molar-refractivity contribution < 1.29 is 41.7 Å². The van der Waals surface area contributed by atoms with Gasteiger partial charge in [0.05, 0.1) is 61.9 Å². The Kier molecular flexibility index (Phi) is 11.0. The summed E-state index contributed by atoms with van der Waals surface area (Å²) in [7, 11) is 1.17. The highest BCUT2D eigenvalue weighted by Gasteiger charge is 2.40. The number of halogens is 3. The summed E-state index contributed by atoms with van der Waals surface area (Å²) in [6, 6.07) is 5.38.